The van der Waals surface area contributed by atoms with E-state index in [9.17, 15) is 9.59 Å². The number of benzene rings is 3. The molecule has 1 aliphatic heterocycles. The second-order valence-corrected chi connectivity index (χ2v) is 9.36. The molecule has 0 N–H and O–H groups in total. The fourth-order valence-electron chi connectivity index (χ4n) is 4.71. The van der Waals surface area contributed by atoms with Crippen molar-refractivity contribution in [3.63, 3.8) is 0 Å². The lowest BCUT2D eigenvalue weighted by Gasteiger charge is -2.25. The maximum absolute atomic E-state index is 13.8. The van der Waals surface area contributed by atoms with Crippen molar-refractivity contribution in [2.24, 2.45) is 0 Å². The third-order valence-electron chi connectivity index (χ3n) is 6.48. The van der Waals surface area contributed by atoms with Gasteiger partial charge in [0.25, 0.3) is 5.91 Å². The Labute approximate surface area is 217 Å². The molecule has 0 unspecified atom stereocenters. The molecule has 37 heavy (non-hydrogen) atoms. The molecule has 0 radical (unpaired) electrons. The van der Waals surface area contributed by atoms with E-state index in [1.807, 2.05) is 73.7 Å². The number of hydrogen-bond acceptors (Lipinski definition) is 5. The lowest BCUT2D eigenvalue weighted by molar-refractivity contribution is 0.0714. The van der Waals surface area contributed by atoms with E-state index >= 15 is 0 Å². The highest BCUT2D eigenvalue weighted by Gasteiger charge is 2.43. The number of fused-ring (bicyclic) bond motifs is 2. The number of halogens is 1. The van der Waals surface area contributed by atoms with E-state index in [2.05, 4.69) is 4.98 Å². The molecule has 1 atom stereocenters. The van der Waals surface area contributed by atoms with Gasteiger partial charge in [-0.25, -0.2) is 0 Å². The Hall–Kier alpha value is -4.42. The molecule has 5 aromatic rings. The van der Waals surface area contributed by atoms with Crippen LogP contribution < -0.4 is 10.2 Å². The molecule has 0 aliphatic carbocycles. The fourth-order valence-corrected chi connectivity index (χ4v) is 4.88. The Morgan fingerprint density at radius 2 is 1.78 bits per heavy atom. The number of para-hydroxylation sites is 1. The van der Waals surface area contributed by atoms with Crippen LogP contribution in [0.3, 0.4) is 0 Å². The second kappa shape index (κ2) is 9.22. The first-order chi connectivity index (χ1) is 18.0. The number of ether oxygens (including phenoxy) is 1. The highest BCUT2D eigenvalue weighted by molar-refractivity contribution is 6.32. The first-order valence-corrected chi connectivity index (χ1v) is 12.2. The van der Waals surface area contributed by atoms with E-state index < -0.39 is 6.04 Å². The minimum atomic E-state index is -0.678. The molecule has 3 aromatic carbocycles. The number of aryl methyl sites for hydroxylation is 1. The highest BCUT2D eigenvalue weighted by Crippen LogP contribution is 2.40. The van der Waals surface area contributed by atoms with Gasteiger partial charge in [-0.15, -0.1) is 0 Å². The summed E-state index contributed by atoms with van der Waals surface area (Å²) in [7, 11) is 0. The highest BCUT2D eigenvalue weighted by atomic mass is 35.5. The molecule has 2 aromatic heterocycles. The predicted octanol–water partition coefficient (Wildman–Crippen LogP) is 6.69. The number of carbonyl (C=O) groups is 1. The summed E-state index contributed by atoms with van der Waals surface area (Å²) in [5.41, 5.74) is 2.67. The van der Waals surface area contributed by atoms with Crippen molar-refractivity contribution >= 4 is 28.5 Å². The van der Waals surface area contributed by atoms with Crippen LogP contribution in [-0.4, -0.2) is 15.8 Å². The normalized spacial score (nSPS) is 14.7. The van der Waals surface area contributed by atoms with Crippen LogP contribution >= 0.6 is 11.6 Å². The van der Waals surface area contributed by atoms with Crippen LogP contribution in [0.15, 0.2) is 100 Å². The van der Waals surface area contributed by atoms with Crippen LogP contribution in [0.5, 0.6) is 11.5 Å². The zero-order valence-electron chi connectivity index (χ0n) is 19.9. The molecular formula is C30H21ClN2O4. The van der Waals surface area contributed by atoms with Gasteiger partial charge in [-0.2, -0.15) is 0 Å². The molecule has 3 heterocycles. The average Bonchev–Trinajstić information content (AvgIpc) is 3.18. The third-order valence-corrected chi connectivity index (χ3v) is 6.88. The minimum Gasteiger partial charge on any atom is -0.457 e. The molecule has 6 nitrogen and oxygen atoms in total. The van der Waals surface area contributed by atoms with Gasteiger partial charge in [-0.3, -0.25) is 14.6 Å². The van der Waals surface area contributed by atoms with Gasteiger partial charge < -0.3 is 14.1 Å². The van der Waals surface area contributed by atoms with Crippen molar-refractivity contribution in [3.8, 4) is 11.5 Å². The van der Waals surface area contributed by atoms with Crippen molar-refractivity contribution in [2.75, 3.05) is 0 Å². The van der Waals surface area contributed by atoms with Crippen LogP contribution in [0.4, 0.5) is 0 Å². The molecule has 7 heteroatoms. The zero-order valence-corrected chi connectivity index (χ0v) is 20.6. The van der Waals surface area contributed by atoms with Gasteiger partial charge in [0.2, 0.25) is 5.76 Å². The third kappa shape index (κ3) is 4.15. The summed E-state index contributed by atoms with van der Waals surface area (Å²) >= 11 is 6.35. The van der Waals surface area contributed by atoms with Gasteiger partial charge in [0.1, 0.15) is 17.1 Å². The Bertz CT molecular complexity index is 1700. The number of pyridine rings is 1. The molecule has 0 bridgehead atoms. The first-order valence-electron chi connectivity index (χ1n) is 11.8. The van der Waals surface area contributed by atoms with Crippen molar-refractivity contribution in [1.29, 1.82) is 0 Å². The molecule has 1 amide bonds. The maximum Gasteiger partial charge on any atom is 0.291 e. The molecule has 1 aliphatic rings. The molecule has 0 saturated carbocycles. The summed E-state index contributed by atoms with van der Waals surface area (Å²) in [5, 5.41) is 0.804. The SMILES string of the molecule is Cc1cc2oc3c(c(=O)c2cc1Cl)[C@H](c1cccc(Oc2ccccc2)c1)N(Cc1cccnc1)C3=O. The summed E-state index contributed by atoms with van der Waals surface area (Å²) in [6.45, 7) is 2.08. The number of nitrogens with zero attached hydrogens (tertiary/aromatic N) is 2. The number of carbonyl (C=O) groups excluding carboxylic acids is 1. The van der Waals surface area contributed by atoms with Crippen molar-refractivity contribution in [3.05, 3.63) is 135 Å². The molecule has 0 saturated heterocycles. The van der Waals surface area contributed by atoms with Crippen molar-refractivity contribution in [1.82, 2.24) is 9.88 Å². The largest absolute Gasteiger partial charge is 0.457 e. The number of amides is 1. The van der Waals surface area contributed by atoms with E-state index in [4.69, 9.17) is 20.8 Å². The average molecular weight is 509 g/mol. The van der Waals surface area contributed by atoms with Crippen LogP contribution in [0.2, 0.25) is 5.02 Å². The number of rotatable bonds is 5. The van der Waals surface area contributed by atoms with Gasteiger partial charge in [0, 0.05) is 24.0 Å². The Kier molecular flexibility index (Phi) is 5.74. The van der Waals surface area contributed by atoms with Crippen LogP contribution in [0.1, 0.15) is 38.9 Å². The topological polar surface area (TPSA) is 72.6 Å². The first kappa shape index (κ1) is 23.0. The lowest BCUT2D eigenvalue weighted by Crippen LogP contribution is -2.29. The van der Waals surface area contributed by atoms with Gasteiger partial charge in [0.15, 0.2) is 5.43 Å². The van der Waals surface area contributed by atoms with Crippen LogP contribution in [-0.2, 0) is 6.54 Å². The quantitative estimate of drug-likeness (QED) is 0.264. The van der Waals surface area contributed by atoms with Crippen LogP contribution in [0.25, 0.3) is 11.0 Å². The van der Waals surface area contributed by atoms with Crippen molar-refractivity contribution < 1.29 is 13.9 Å². The van der Waals surface area contributed by atoms with E-state index in [-0.39, 0.29) is 29.2 Å². The van der Waals surface area contributed by atoms with Gasteiger partial charge >= 0.3 is 0 Å². The molecular weight excluding hydrogens is 488 g/mol. The minimum absolute atomic E-state index is 0.0440. The monoisotopic (exact) mass is 508 g/mol. The van der Waals surface area contributed by atoms with E-state index in [1.165, 1.54) is 0 Å². The molecule has 6 rings (SSSR count). The summed E-state index contributed by atoms with van der Waals surface area (Å²) in [6, 6.07) is 23.2. The van der Waals surface area contributed by atoms with Gasteiger partial charge in [-0.1, -0.05) is 48.0 Å². The number of hydrogen-bond donors (Lipinski definition) is 0. The maximum atomic E-state index is 13.8. The fraction of sp³-hybridized carbons (Fsp3) is 0.100. The standard InChI is InChI=1S/C30H21ClN2O4/c1-18-13-25-23(15-24(18)31)28(34)26-27(20-8-5-11-22(14-20)36-21-9-3-2-4-10-21)33(30(35)29(26)37-25)17-19-7-6-12-32-16-19/h2-16,27H,17H2,1H3/t27-/m0/s1. The smallest absolute Gasteiger partial charge is 0.291 e. The lowest BCUT2D eigenvalue weighted by atomic mass is 9.98. The summed E-state index contributed by atoms with van der Waals surface area (Å²) in [6.07, 6.45) is 3.38. The Morgan fingerprint density at radius 3 is 2.57 bits per heavy atom. The summed E-state index contributed by atoms with van der Waals surface area (Å²) < 4.78 is 12.1. The summed E-state index contributed by atoms with van der Waals surface area (Å²) in [4.78, 5) is 33.4. The zero-order chi connectivity index (χ0) is 25.5. The molecule has 182 valence electrons. The van der Waals surface area contributed by atoms with Gasteiger partial charge in [0.05, 0.1) is 17.0 Å². The Balaban J connectivity index is 1.52. The summed E-state index contributed by atoms with van der Waals surface area (Å²) in [5.74, 6) is 0.965. The predicted molar refractivity (Wildman–Crippen MR) is 141 cm³/mol. The number of aromatic nitrogens is 1. The van der Waals surface area contributed by atoms with Crippen molar-refractivity contribution in [2.45, 2.75) is 19.5 Å². The second-order valence-electron chi connectivity index (χ2n) is 8.96. The molecule has 0 fully saturated rings. The Morgan fingerprint density at radius 1 is 0.973 bits per heavy atom. The van der Waals surface area contributed by atoms with Crippen LogP contribution in [0, 0.1) is 6.92 Å². The van der Waals surface area contributed by atoms with E-state index in [0.717, 1.165) is 16.7 Å². The molecule has 0 spiro atoms. The van der Waals surface area contributed by atoms with E-state index in [1.54, 1.807) is 29.4 Å². The van der Waals surface area contributed by atoms with Gasteiger partial charge in [-0.05, 0) is 66.1 Å². The van der Waals surface area contributed by atoms with E-state index in [0.29, 0.717) is 27.5 Å².